The summed E-state index contributed by atoms with van der Waals surface area (Å²) in [5.74, 6) is 0.482. The smallest absolute Gasteiger partial charge is 0.288 e. The van der Waals surface area contributed by atoms with Gasteiger partial charge in [0.25, 0.3) is 4.52 Å². The Balaban J connectivity index is 2.69. The van der Waals surface area contributed by atoms with Gasteiger partial charge in [0.05, 0.1) is 0 Å². The molecule has 1 radical (unpaired) electrons. The third kappa shape index (κ3) is 3.43. The lowest BCUT2D eigenvalue weighted by Gasteiger charge is -2.21. The highest BCUT2D eigenvalue weighted by molar-refractivity contribution is 6.59. The fourth-order valence-corrected chi connectivity index (χ4v) is 0.909. The second kappa shape index (κ2) is 4.61. The van der Waals surface area contributed by atoms with Gasteiger partial charge in [0.2, 0.25) is 0 Å². The van der Waals surface area contributed by atoms with Crippen molar-refractivity contribution in [1.82, 2.24) is 0 Å². The second-order valence-corrected chi connectivity index (χ2v) is 4.61. The topological polar surface area (TPSA) is 9.23 Å². The van der Waals surface area contributed by atoms with Gasteiger partial charge in [-0.1, -0.05) is 58.5 Å². The molecule has 0 saturated heterocycles. The largest absolute Gasteiger partial charge is 0.455 e. The number of rotatable bonds is 3. The summed E-state index contributed by atoms with van der Waals surface area (Å²) in [5.41, 5.74) is 0. The molecular weight excluding hydrogens is 254 g/mol. The summed E-state index contributed by atoms with van der Waals surface area (Å²) < 4.78 is 3.48. The van der Waals surface area contributed by atoms with E-state index in [2.05, 4.69) is 6.07 Å². The van der Waals surface area contributed by atoms with Crippen molar-refractivity contribution in [2.75, 3.05) is 0 Å². The average molecular weight is 259 g/mol. The summed E-state index contributed by atoms with van der Waals surface area (Å²) in [7, 11) is 0. The zero-order valence-electron chi connectivity index (χ0n) is 6.31. The quantitative estimate of drug-likeness (QED) is 0.750. The Labute approximate surface area is 96.5 Å². The first-order chi connectivity index (χ1) is 6.02. The minimum Gasteiger partial charge on any atom is -0.455 e. The summed E-state index contributed by atoms with van der Waals surface area (Å²) in [6.07, 6.45) is 0. The molecule has 13 heavy (non-hydrogen) atoms. The van der Waals surface area contributed by atoms with Crippen LogP contribution < -0.4 is 4.74 Å². The van der Waals surface area contributed by atoms with E-state index in [1.807, 2.05) is 0 Å². The number of halogens is 4. The molecule has 5 heteroatoms. The molecule has 0 N–H and O–H groups in total. The fourth-order valence-electron chi connectivity index (χ4n) is 0.641. The van der Waals surface area contributed by atoms with Crippen LogP contribution in [0.4, 0.5) is 0 Å². The van der Waals surface area contributed by atoms with Crippen LogP contribution in [0.2, 0.25) is 0 Å². The second-order valence-electron chi connectivity index (χ2n) is 2.20. The van der Waals surface area contributed by atoms with Gasteiger partial charge in [-0.2, -0.15) is 0 Å². The summed E-state index contributed by atoms with van der Waals surface area (Å²) in [4.78, 5) is -1.03. The van der Waals surface area contributed by atoms with Crippen molar-refractivity contribution in [3.05, 3.63) is 30.3 Å². The molecule has 0 atom stereocenters. The lowest BCUT2D eigenvalue weighted by atomic mass is 10.3. The number of alkyl halides is 4. The zero-order valence-corrected chi connectivity index (χ0v) is 9.33. The molecule has 1 nitrogen and oxygen atoms in total. The molecule has 1 rings (SSSR count). The van der Waals surface area contributed by atoms with E-state index in [-0.39, 0.29) is 0 Å². The fraction of sp³-hybridized carbons (Fsp3) is 0.250. The van der Waals surface area contributed by atoms with E-state index in [9.17, 15) is 0 Å². The van der Waals surface area contributed by atoms with Crippen LogP contribution in [0.25, 0.3) is 0 Å². The molecule has 0 aromatic heterocycles. The molecule has 0 heterocycles. The average Bonchev–Trinajstić information content (AvgIpc) is 2.05. The maximum Gasteiger partial charge on any atom is 0.288 e. The molecule has 0 fully saturated rings. The van der Waals surface area contributed by atoms with E-state index in [4.69, 9.17) is 51.1 Å². The summed E-state index contributed by atoms with van der Waals surface area (Å²) in [6.45, 7) is 0. The molecule has 0 amide bonds. The van der Waals surface area contributed by atoms with Gasteiger partial charge in [-0.05, 0) is 18.2 Å². The van der Waals surface area contributed by atoms with Gasteiger partial charge in [0, 0.05) is 0 Å². The van der Waals surface area contributed by atoms with E-state index in [0.717, 1.165) is 0 Å². The zero-order chi connectivity index (χ0) is 9.90. The van der Waals surface area contributed by atoms with E-state index >= 15 is 0 Å². The number of hydrogen-bond acceptors (Lipinski definition) is 1. The van der Waals surface area contributed by atoms with Crippen LogP contribution in [0.1, 0.15) is 0 Å². The molecule has 0 aliphatic carbocycles. The van der Waals surface area contributed by atoms with Gasteiger partial charge in [-0.3, -0.25) is 0 Å². The standard InChI is InChI=1S/C8H5Cl4O/c9-7(10)8(11,12)13-6-4-2-1-3-5-6/h2-5,7H. The van der Waals surface area contributed by atoms with Crippen molar-refractivity contribution in [1.29, 1.82) is 0 Å². The molecule has 0 spiro atoms. The van der Waals surface area contributed by atoms with Crippen LogP contribution in [0.3, 0.4) is 0 Å². The highest BCUT2D eigenvalue weighted by Gasteiger charge is 2.34. The van der Waals surface area contributed by atoms with Crippen molar-refractivity contribution in [3.63, 3.8) is 0 Å². The van der Waals surface area contributed by atoms with E-state index < -0.39 is 9.36 Å². The first kappa shape index (κ1) is 11.3. The monoisotopic (exact) mass is 257 g/mol. The van der Waals surface area contributed by atoms with Gasteiger partial charge < -0.3 is 4.74 Å². The Hall–Kier alpha value is 0.180. The van der Waals surface area contributed by atoms with Crippen molar-refractivity contribution in [3.8, 4) is 5.75 Å². The molecule has 1 aromatic rings. The van der Waals surface area contributed by atoms with Crippen LogP contribution in [0.15, 0.2) is 24.3 Å². The molecule has 0 aliphatic rings. The predicted molar refractivity (Wildman–Crippen MR) is 55.8 cm³/mol. The van der Waals surface area contributed by atoms with Crippen molar-refractivity contribution in [2.45, 2.75) is 9.36 Å². The highest BCUT2D eigenvalue weighted by Crippen LogP contribution is 2.34. The Morgan fingerprint density at radius 1 is 1.23 bits per heavy atom. The lowest BCUT2D eigenvalue weighted by molar-refractivity contribution is 0.256. The van der Waals surface area contributed by atoms with Crippen LogP contribution in [0.5, 0.6) is 5.75 Å². The van der Waals surface area contributed by atoms with Gasteiger partial charge in [0.1, 0.15) is 5.75 Å². The number of benzene rings is 1. The summed E-state index contributed by atoms with van der Waals surface area (Å²) in [5, 5.41) is 0. The van der Waals surface area contributed by atoms with Gasteiger partial charge in [-0.25, -0.2) is 0 Å². The van der Waals surface area contributed by atoms with Crippen molar-refractivity contribution >= 4 is 46.4 Å². The van der Waals surface area contributed by atoms with E-state index in [1.165, 1.54) is 0 Å². The van der Waals surface area contributed by atoms with E-state index in [0.29, 0.717) is 5.75 Å². The lowest BCUT2D eigenvalue weighted by Crippen LogP contribution is -2.29. The molecule has 0 unspecified atom stereocenters. The van der Waals surface area contributed by atoms with Gasteiger partial charge in [-0.15, -0.1) is 0 Å². The maximum absolute atomic E-state index is 5.67. The predicted octanol–water partition coefficient (Wildman–Crippen LogP) is 3.80. The normalized spacial score (nSPS) is 11.8. The highest BCUT2D eigenvalue weighted by atomic mass is 35.5. The Morgan fingerprint density at radius 3 is 2.23 bits per heavy atom. The molecule has 0 saturated carbocycles. The Bertz CT molecular complexity index is 260. The molecular formula is C8H5Cl4O. The molecule has 0 bridgehead atoms. The minimum atomic E-state index is -1.63. The van der Waals surface area contributed by atoms with Crippen LogP contribution in [-0.2, 0) is 0 Å². The first-order valence-corrected chi connectivity index (χ1v) is 4.96. The molecule has 71 valence electrons. The van der Waals surface area contributed by atoms with Crippen LogP contribution >= 0.6 is 46.4 Å². The van der Waals surface area contributed by atoms with Gasteiger partial charge in [0.15, 0.2) is 4.84 Å². The Kier molecular flexibility index (Phi) is 3.99. The minimum absolute atomic E-state index is 0.482. The van der Waals surface area contributed by atoms with Gasteiger partial charge >= 0.3 is 0 Å². The molecule has 1 aromatic carbocycles. The summed E-state index contributed by atoms with van der Waals surface area (Å²) in [6, 6.07) is 9.44. The van der Waals surface area contributed by atoms with Crippen molar-refractivity contribution < 1.29 is 4.74 Å². The van der Waals surface area contributed by atoms with Crippen molar-refractivity contribution in [2.24, 2.45) is 0 Å². The summed E-state index contributed by atoms with van der Waals surface area (Å²) >= 11 is 22.3. The third-order valence-electron chi connectivity index (χ3n) is 1.20. The number of hydrogen-bond donors (Lipinski definition) is 0. The molecule has 0 aliphatic heterocycles. The third-order valence-corrected chi connectivity index (χ3v) is 2.85. The first-order valence-electron chi connectivity index (χ1n) is 3.33. The van der Waals surface area contributed by atoms with E-state index in [1.54, 1.807) is 24.3 Å². The number of ether oxygens (including phenoxy) is 1. The Morgan fingerprint density at radius 2 is 1.77 bits per heavy atom. The maximum atomic E-state index is 5.67. The SMILES string of the molecule is ClC(Cl)C(Cl)(Cl)Oc1cc[c]cc1. The van der Waals surface area contributed by atoms with Crippen LogP contribution in [-0.4, -0.2) is 9.36 Å². The van der Waals surface area contributed by atoms with Crippen LogP contribution in [0, 0.1) is 6.07 Å².